The number of benzene rings is 1. The van der Waals surface area contributed by atoms with Gasteiger partial charge in [0.25, 0.3) is 0 Å². The van der Waals surface area contributed by atoms with E-state index in [1.54, 1.807) is 0 Å². The van der Waals surface area contributed by atoms with Crippen LogP contribution in [0, 0.1) is 5.92 Å². The Balaban J connectivity index is 2.08. The van der Waals surface area contributed by atoms with Gasteiger partial charge in [0, 0.05) is 11.6 Å². The molecule has 2 rings (SSSR count). The van der Waals surface area contributed by atoms with Crippen LogP contribution >= 0.6 is 0 Å². The summed E-state index contributed by atoms with van der Waals surface area (Å²) in [6, 6.07) is 6.25. The van der Waals surface area contributed by atoms with E-state index in [9.17, 15) is 4.79 Å². The van der Waals surface area contributed by atoms with Gasteiger partial charge in [0.2, 0.25) is 5.91 Å². The molecule has 3 N–H and O–H groups in total. The Hall–Kier alpha value is -1.51. The van der Waals surface area contributed by atoms with Gasteiger partial charge < -0.3 is 11.1 Å². The standard InChI is InChI=1S/C18H28N2O/c1-3-6-13(7-4-2)18(21)20-17-9-5-8-14-12-15(19)10-11-16(14)17/h10-13,17H,3-9,19H2,1-2H3,(H,20,21). The van der Waals surface area contributed by atoms with Crippen LogP contribution in [0.4, 0.5) is 5.69 Å². The van der Waals surface area contributed by atoms with E-state index >= 15 is 0 Å². The summed E-state index contributed by atoms with van der Waals surface area (Å²) < 4.78 is 0. The van der Waals surface area contributed by atoms with Crippen molar-refractivity contribution in [2.75, 3.05) is 5.73 Å². The maximum atomic E-state index is 12.5. The first-order valence-electron chi connectivity index (χ1n) is 8.34. The highest BCUT2D eigenvalue weighted by molar-refractivity contribution is 5.79. The minimum atomic E-state index is 0.165. The molecule has 0 aliphatic heterocycles. The zero-order valence-corrected chi connectivity index (χ0v) is 13.3. The highest BCUT2D eigenvalue weighted by Gasteiger charge is 2.24. The lowest BCUT2D eigenvalue weighted by Gasteiger charge is -2.28. The Morgan fingerprint density at radius 1 is 1.33 bits per heavy atom. The molecule has 0 bridgehead atoms. The molecule has 1 aliphatic carbocycles. The zero-order valence-electron chi connectivity index (χ0n) is 13.3. The number of nitrogens with one attached hydrogen (secondary N) is 1. The lowest BCUT2D eigenvalue weighted by atomic mass is 9.86. The zero-order chi connectivity index (χ0) is 15.2. The summed E-state index contributed by atoms with van der Waals surface area (Å²) in [6.45, 7) is 4.29. The molecular formula is C18H28N2O. The van der Waals surface area contributed by atoms with Gasteiger partial charge in [-0.15, -0.1) is 0 Å². The van der Waals surface area contributed by atoms with Crippen LogP contribution < -0.4 is 11.1 Å². The quantitative estimate of drug-likeness (QED) is 0.778. The minimum Gasteiger partial charge on any atom is -0.399 e. The van der Waals surface area contributed by atoms with E-state index in [2.05, 4.69) is 31.3 Å². The molecule has 0 saturated heterocycles. The Morgan fingerprint density at radius 2 is 2.05 bits per heavy atom. The largest absolute Gasteiger partial charge is 0.399 e. The van der Waals surface area contributed by atoms with E-state index < -0.39 is 0 Å². The fourth-order valence-electron chi connectivity index (χ4n) is 3.38. The molecule has 1 aromatic rings. The van der Waals surface area contributed by atoms with Gasteiger partial charge in [-0.3, -0.25) is 4.79 Å². The Bertz CT molecular complexity index is 478. The lowest BCUT2D eigenvalue weighted by Crippen LogP contribution is -2.35. The summed E-state index contributed by atoms with van der Waals surface area (Å²) >= 11 is 0. The van der Waals surface area contributed by atoms with E-state index in [1.165, 1.54) is 11.1 Å². The molecule has 1 amide bonds. The summed E-state index contributed by atoms with van der Waals surface area (Å²) in [7, 11) is 0. The molecule has 1 aliphatic rings. The highest BCUT2D eigenvalue weighted by Crippen LogP contribution is 2.31. The number of fused-ring (bicyclic) bond motifs is 1. The predicted molar refractivity (Wildman–Crippen MR) is 88.0 cm³/mol. The molecule has 0 fully saturated rings. The van der Waals surface area contributed by atoms with Crippen LogP contribution in [0.25, 0.3) is 0 Å². The number of rotatable bonds is 6. The Morgan fingerprint density at radius 3 is 2.71 bits per heavy atom. The normalized spacial score (nSPS) is 17.6. The molecule has 116 valence electrons. The van der Waals surface area contributed by atoms with Gasteiger partial charge in [-0.25, -0.2) is 0 Å². The first-order chi connectivity index (χ1) is 10.2. The number of carbonyl (C=O) groups excluding carboxylic acids is 1. The first-order valence-corrected chi connectivity index (χ1v) is 8.34. The summed E-state index contributed by atoms with van der Waals surface area (Å²) in [4.78, 5) is 12.5. The lowest BCUT2D eigenvalue weighted by molar-refractivity contribution is -0.126. The first kappa shape index (κ1) is 15.9. The Labute approximate surface area is 128 Å². The summed E-state index contributed by atoms with van der Waals surface area (Å²) in [6.07, 6.45) is 7.33. The van der Waals surface area contributed by atoms with Crippen molar-refractivity contribution in [2.45, 2.75) is 64.8 Å². The fraction of sp³-hybridized carbons (Fsp3) is 0.611. The van der Waals surface area contributed by atoms with E-state index in [0.29, 0.717) is 0 Å². The number of amides is 1. The molecule has 0 saturated carbocycles. The molecule has 0 spiro atoms. The van der Waals surface area contributed by atoms with Crippen LogP contribution in [0.15, 0.2) is 18.2 Å². The number of anilines is 1. The van der Waals surface area contributed by atoms with Gasteiger partial charge >= 0.3 is 0 Å². The fourth-order valence-corrected chi connectivity index (χ4v) is 3.38. The SMILES string of the molecule is CCCC(CCC)C(=O)NC1CCCc2cc(N)ccc21. The van der Waals surface area contributed by atoms with E-state index in [4.69, 9.17) is 5.73 Å². The average Bonchev–Trinajstić information content (AvgIpc) is 2.47. The highest BCUT2D eigenvalue weighted by atomic mass is 16.1. The molecule has 1 atom stereocenters. The second kappa shape index (κ2) is 7.48. The molecule has 1 unspecified atom stereocenters. The smallest absolute Gasteiger partial charge is 0.223 e. The van der Waals surface area contributed by atoms with Crippen molar-refractivity contribution in [2.24, 2.45) is 5.92 Å². The van der Waals surface area contributed by atoms with Crippen molar-refractivity contribution in [1.29, 1.82) is 0 Å². The van der Waals surface area contributed by atoms with Gasteiger partial charge in [0.15, 0.2) is 0 Å². The number of nitrogen functional groups attached to an aromatic ring is 1. The van der Waals surface area contributed by atoms with Crippen LogP contribution in [0.1, 0.15) is 69.5 Å². The van der Waals surface area contributed by atoms with Crippen molar-refractivity contribution in [3.05, 3.63) is 29.3 Å². The van der Waals surface area contributed by atoms with Crippen LogP contribution in [-0.4, -0.2) is 5.91 Å². The van der Waals surface area contributed by atoms with E-state index in [1.807, 2.05) is 6.07 Å². The third-order valence-corrected chi connectivity index (χ3v) is 4.44. The third kappa shape index (κ3) is 3.99. The van der Waals surface area contributed by atoms with Crippen molar-refractivity contribution in [3.63, 3.8) is 0 Å². The second-order valence-corrected chi connectivity index (χ2v) is 6.19. The van der Waals surface area contributed by atoms with Gasteiger partial charge in [-0.2, -0.15) is 0 Å². The molecule has 0 radical (unpaired) electrons. The topological polar surface area (TPSA) is 55.1 Å². The molecule has 21 heavy (non-hydrogen) atoms. The molecule has 0 aromatic heterocycles. The van der Waals surface area contributed by atoms with Crippen molar-refractivity contribution >= 4 is 11.6 Å². The van der Waals surface area contributed by atoms with Gasteiger partial charge in [-0.05, 0) is 55.4 Å². The maximum absolute atomic E-state index is 12.5. The molecule has 3 heteroatoms. The average molecular weight is 288 g/mol. The number of hydrogen-bond donors (Lipinski definition) is 2. The number of carbonyl (C=O) groups is 1. The number of nitrogens with two attached hydrogens (primary N) is 1. The third-order valence-electron chi connectivity index (χ3n) is 4.44. The van der Waals surface area contributed by atoms with Gasteiger partial charge in [0.1, 0.15) is 0 Å². The van der Waals surface area contributed by atoms with Crippen molar-refractivity contribution in [3.8, 4) is 0 Å². The second-order valence-electron chi connectivity index (χ2n) is 6.19. The summed E-state index contributed by atoms with van der Waals surface area (Å²) in [5.74, 6) is 0.396. The summed E-state index contributed by atoms with van der Waals surface area (Å²) in [5, 5.41) is 3.28. The van der Waals surface area contributed by atoms with Gasteiger partial charge in [-0.1, -0.05) is 32.8 Å². The molecular weight excluding hydrogens is 260 g/mol. The predicted octanol–water partition coefficient (Wildman–Crippen LogP) is 3.98. The minimum absolute atomic E-state index is 0.165. The molecule has 1 aromatic carbocycles. The maximum Gasteiger partial charge on any atom is 0.223 e. The number of hydrogen-bond acceptors (Lipinski definition) is 2. The Kier molecular flexibility index (Phi) is 5.66. The van der Waals surface area contributed by atoms with Crippen LogP contribution in [0.2, 0.25) is 0 Å². The van der Waals surface area contributed by atoms with Gasteiger partial charge in [0.05, 0.1) is 6.04 Å². The molecule has 3 nitrogen and oxygen atoms in total. The van der Waals surface area contributed by atoms with E-state index in [0.717, 1.165) is 50.6 Å². The number of aryl methyl sites for hydroxylation is 1. The van der Waals surface area contributed by atoms with Crippen molar-refractivity contribution < 1.29 is 4.79 Å². The van der Waals surface area contributed by atoms with Crippen LogP contribution in [-0.2, 0) is 11.2 Å². The summed E-state index contributed by atoms with van der Waals surface area (Å²) in [5.41, 5.74) is 9.24. The van der Waals surface area contributed by atoms with Crippen LogP contribution in [0.3, 0.4) is 0 Å². The monoisotopic (exact) mass is 288 g/mol. The van der Waals surface area contributed by atoms with Crippen molar-refractivity contribution in [1.82, 2.24) is 5.32 Å². The van der Waals surface area contributed by atoms with E-state index in [-0.39, 0.29) is 17.9 Å². The van der Waals surface area contributed by atoms with Crippen LogP contribution in [0.5, 0.6) is 0 Å². The molecule has 0 heterocycles.